The first-order valence-electron chi connectivity index (χ1n) is 9.87. The molecule has 2 unspecified atom stereocenters. The molecule has 2 amide bonds. The van der Waals surface area contributed by atoms with Gasteiger partial charge in [-0.25, -0.2) is 0 Å². The summed E-state index contributed by atoms with van der Waals surface area (Å²) in [6, 6.07) is 15.5. The third kappa shape index (κ3) is 5.12. The van der Waals surface area contributed by atoms with Crippen LogP contribution in [-0.4, -0.2) is 17.9 Å². The number of anilines is 1. The predicted molar refractivity (Wildman–Crippen MR) is 110 cm³/mol. The molecule has 5 heteroatoms. The second-order valence-corrected chi connectivity index (χ2v) is 7.61. The smallest absolute Gasteiger partial charge is 0.227 e. The van der Waals surface area contributed by atoms with E-state index in [4.69, 9.17) is 4.74 Å². The average Bonchev–Trinajstić information content (AvgIpc) is 2.66. The Morgan fingerprint density at radius 1 is 1.14 bits per heavy atom. The molecule has 1 heterocycles. The van der Waals surface area contributed by atoms with Gasteiger partial charge in [-0.1, -0.05) is 30.3 Å². The van der Waals surface area contributed by atoms with E-state index in [1.165, 1.54) is 0 Å². The predicted octanol–water partition coefficient (Wildman–Crippen LogP) is 4.24. The van der Waals surface area contributed by atoms with Crippen LogP contribution in [0.4, 0.5) is 5.69 Å². The summed E-state index contributed by atoms with van der Waals surface area (Å²) in [4.78, 5) is 24.6. The molecule has 0 radical (unpaired) electrons. The number of benzene rings is 2. The molecule has 0 spiro atoms. The van der Waals surface area contributed by atoms with Gasteiger partial charge in [-0.05, 0) is 62.9 Å². The lowest BCUT2D eigenvalue weighted by molar-refractivity contribution is -0.123. The zero-order chi connectivity index (χ0) is 20.1. The minimum Gasteiger partial charge on any atom is -0.491 e. The molecule has 0 saturated carbocycles. The Balaban J connectivity index is 1.49. The van der Waals surface area contributed by atoms with Gasteiger partial charge in [0.2, 0.25) is 11.8 Å². The van der Waals surface area contributed by atoms with Crippen LogP contribution in [0.5, 0.6) is 5.75 Å². The summed E-state index contributed by atoms with van der Waals surface area (Å²) in [5, 5.41) is 5.95. The molecule has 0 saturated heterocycles. The van der Waals surface area contributed by atoms with Crippen molar-refractivity contribution in [3.63, 3.8) is 0 Å². The number of carbonyl (C=O) groups is 2. The number of carbonyl (C=O) groups excluding carboxylic acids is 2. The van der Waals surface area contributed by atoms with Crippen LogP contribution in [0.25, 0.3) is 0 Å². The third-order valence-electron chi connectivity index (χ3n) is 4.96. The first-order chi connectivity index (χ1) is 13.4. The highest BCUT2D eigenvalue weighted by Gasteiger charge is 2.26. The number of rotatable bonds is 7. The Labute approximate surface area is 166 Å². The largest absolute Gasteiger partial charge is 0.491 e. The van der Waals surface area contributed by atoms with Gasteiger partial charge in [-0.15, -0.1) is 0 Å². The Kier molecular flexibility index (Phi) is 6.34. The zero-order valence-electron chi connectivity index (χ0n) is 16.7. The Morgan fingerprint density at radius 2 is 1.86 bits per heavy atom. The molecule has 2 aromatic rings. The molecule has 28 heavy (non-hydrogen) atoms. The van der Waals surface area contributed by atoms with Crippen LogP contribution in [-0.2, 0) is 16.0 Å². The van der Waals surface area contributed by atoms with E-state index in [0.717, 1.165) is 22.6 Å². The minimum absolute atomic E-state index is 0.000268. The summed E-state index contributed by atoms with van der Waals surface area (Å²) in [7, 11) is 0. The van der Waals surface area contributed by atoms with Crippen molar-refractivity contribution in [2.24, 2.45) is 5.92 Å². The number of para-hydroxylation sites is 1. The highest BCUT2D eigenvalue weighted by atomic mass is 16.5. The van der Waals surface area contributed by atoms with Crippen molar-refractivity contribution in [3.8, 4) is 5.75 Å². The molecular formula is C23H28N2O3. The summed E-state index contributed by atoms with van der Waals surface area (Å²) in [6.07, 6.45) is 1.69. The zero-order valence-corrected chi connectivity index (χ0v) is 16.7. The molecule has 2 atom stereocenters. The molecule has 0 aliphatic carbocycles. The molecule has 1 aliphatic rings. The molecule has 5 nitrogen and oxygen atoms in total. The van der Waals surface area contributed by atoms with E-state index in [0.29, 0.717) is 19.3 Å². The fraction of sp³-hybridized carbons (Fsp3) is 0.391. The summed E-state index contributed by atoms with van der Waals surface area (Å²) < 4.78 is 5.65. The highest BCUT2D eigenvalue weighted by Crippen LogP contribution is 2.27. The van der Waals surface area contributed by atoms with E-state index in [1.54, 1.807) is 0 Å². The maximum Gasteiger partial charge on any atom is 0.227 e. The van der Waals surface area contributed by atoms with Crippen molar-refractivity contribution in [1.82, 2.24) is 5.32 Å². The Morgan fingerprint density at radius 3 is 2.57 bits per heavy atom. The van der Waals surface area contributed by atoms with Gasteiger partial charge in [0.15, 0.2) is 0 Å². The normalized spacial score (nSPS) is 16.9. The quantitative estimate of drug-likeness (QED) is 0.755. The monoisotopic (exact) mass is 380 g/mol. The van der Waals surface area contributed by atoms with Crippen molar-refractivity contribution in [1.29, 1.82) is 0 Å². The summed E-state index contributed by atoms with van der Waals surface area (Å²) >= 11 is 0. The fourth-order valence-electron chi connectivity index (χ4n) is 3.46. The SMILES string of the molecule is CC(C)Oc1ccc(C(C)NC(=O)CCC2Cc3ccccc3NC2=O)cc1. The lowest BCUT2D eigenvalue weighted by atomic mass is 9.89. The molecular weight excluding hydrogens is 352 g/mol. The Bertz CT molecular complexity index is 830. The number of ether oxygens (including phenoxy) is 1. The van der Waals surface area contributed by atoms with E-state index in [-0.39, 0.29) is 29.9 Å². The van der Waals surface area contributed by atoms with Crippen LogP contribution in [0, 0.1) is 5.92 Å². The minimum atomic E-state index is -0.163. The lowest BCUT2D eigenvalue weighted by Gasteiger charge is -2.24. The van der Waals surface area contributed by atoms with E-state index < -0.39 is 0 Å². The van der Waals surface area contributed by atoms with Crippen molar-refractivity contribution >= 4 is 17.5 Å². The van der Waals surface area contributed by atoms with Crippen LogP contribution in [0.15, 0.2) is 48.5 Å². The third-order valence-corrected chi connectivity index (χ3v) is 4.96. The second-order valence-electron chi connectivity index (χ2n) is 7.61. The van der Waals surface area contributed by atoms with Gasteiger partial charge < -0.3 is 15.4 Å². The summed E-state index contributed by atoms with van der Waals surface area (Å²) in [5.74, 6) is 0.617. The van der Waals surface area contributed by atoms with E-state index in [2.05, 4.69) is 10.6 Å². The molecule has 3 rings (SSSR count). The van der Waals surface area contributed by atoms with Crippen molar-refractivity contribution in [3.05, 3.63) is 59.7 Å². The lowest BCUT2D eigenvalue weighted by Crippen LogP contribution is -2.32. The maximum atomic E-state index is 12.4. The van der Waals surface area contributed by atoms with E-state index in [9.17, 15) is 9.59 Å². The van der Waals surface area contributed by atoms with Crippen LogP contribution < -0.4 is 15.4 Å². The van der Waals surface area contributed by atoms with Gasteiger partial charge in [0.1, 0.15) is 5.75 Å². The van der Waals surface area contributed by atoms with Crippen LogP contribution >= 0.6 is 0 Å². The van der Waals surface area contributed by atoms with Crippen molar-refractivity contribution in [2.45, 2.75) is 52.2 Å². The van der Waals surface area contributed by atoms with Gasteiger partial charge in [-0.2, -0.15) is 0 Å². The Hall–Kier alpha value is -2.82. The molecule has 0 aromatic heterocycles. The summed E-state index contributed by atoms with van der Waals surface area (Å²) in [6.45, 7) is 5.93. The van der Waals surface area contributed by atoms with Gasteiger partial charge in [0.25, 0.3) is 0 Å². The van der Waals surface area contributed by atoms with Crippen LogP contribution in [0.2, 0.25) is 0 Å². The number of amides is 2. The van der Waals surface area contributed by atoms with Gasteiger partial charge in [-0.3, -0.25) is 9.59 Å². The topological polar surface area (TPSA) is 67.4 Å². The van der Waals surface area contributed by atoms with E-state index >= 15 is 0 Å². The first kappa shape index (κ1) is 19.9. The maximum absolute atomic E-state index is 12.4. The number of hydrogen-bond donors (Lipinski definition) is 2. The van der Waals surface area contributed by atoms with Crippen molar-refractivity contribution in [2.75, 3.05) is 5.32 Å². The van der Waals surface area contributed by atoms with Gasteiger partial charge in [0, 0.05) is 18.0 Å². The second kappa shape index (κ2) is 8.91. The first-order valence-corrected chi connectivity index (χ1v) is 9.87. The number of hydrogen-bond acceptors (Lipinski definition) is 3. The summed E-state index contributed by atoms with van der Waals surface area (Å²) in [5.41, 5.74) is 3.03. The van der Waals surface area contributed by atoms with Crippen LogP contribution in [0.3, 0.4) is 0 Å². The number of nitrogens with one attached hydrogen (secondary N) is 2. The van der Waals surface area contributed by atoms with Crippen molar-refractivity contribution < 1.29 is 14.3 Å². The van der Waals surface area contributed by atoms with Crippen LogP contribution in [0.1, 0.15) is 50.8 Å². The van der Waals surface area contributed by atoms with E-state index in [1.807, 2.05) is 69.3 Å². The molecule has 0 fully saturated rings. The van der Waals surface area contributed by atoms with Gasteiger partial charge in [0.05, 0.1) is 12.1 Å². The fourth-order valence-corrected chi connectivity index (χ4v) is 3.46. The molecule has 2 N–H and O–H groups in total. The molecule has 148 valence electrons. The molecule has 1 aliphatic heterocycles. The average molecular weight is 380 g/mol. The van der Waals surface area contributed by atoms with Gasteiger partial charge >= 0.3 is 0 Å². The molecule has 0 bridgehead atoms. The standard InChI is InChI=1S/C23H28N2O3/c1-15(2)28-20-11-8-17(9-12-20)16(3)24-22(26)13-10-19-14-18-6-4-5-7-21(18)25-23(19)27/h4-9,11-12,15-16,19H,10,13-14H2,1-3H3,(H,24,26)(H,25,27). The number of fused-ring (bicyclic) bond motifs is 1. The highest BCUT2D eigenvalue weighted by molar-refractivity contribution is 5.96. The molecule has 2 aromatic carbocycles.